The summed E-state index contributed by atoms with van der Waals surface area (Å²) in [6.07, 6.45) is 2.68. The van der Waals surface area contributed by atoms with Crippen molar-refractivity contribution >= 4 is 23.2 Å². The molecular formula is C24H30N2O3S. The first kappa shape index (κ1) is 21.1. The van der Waals surface area contributed by atoms with E-state index in [1.165, 1.54) is 11.1 Å². The van der Waals surface area contributed by atoms with Crippen molar-refractivity contribution in [1.82, 2.24) is 10.2 Å². The second-order valence-corrected chi connectivity index (χ2v) is 9.59. The lowest BCUT2D eigenvalue weighted by molar-refractivity contribution is -0.141. The lowest BCUT2D eigenvalue weighted by Gasteiger charge is -2.30. The van der Waals surface area contributed by atoms with Crippen molar-refractivity contribution in [2.24, 2.45) is 5.41 Å². The minimum atomic E-state index is -0.595. The Labute approximate surface area is 182 Å². The number of carbonyl (C=O) groups excluding carboxylic acids is 2. The number of amides is 2. The van der Waals surface area contributed by atoms with Gasteiger partial charge in [0, 0.05) is 25.7 Å². The van der Waals surface area contributed by atoms with Gasteiger partial charge in [0.05, 0.1) is 5.41 Å². The van der Waals surface area contributed by atoms with Crippen LogP contribution in [0.3, 0.4) is 0 Å². The number of hydrogen-bond acceptors (Lipinski definition) is 4. The van der Waals surface area contributed by atoms with Crippen LogP contribution in [0.2, 0.25) is 0 Å². The maximum Gasteiger partial charge on any atom is 0.251 e. The Hall–Kier alpha value is -2.18. The van der Waals surface area contributed by atoms with Crippen molar-refractivity contribution in [3.05, 3.63) is 46.7 Å². The Morgan fingerprint density at radius 1 is 1.23 bits per heavy atom. The zero-order chi connectivity index (χ0) is 21.1. The summed E-state index contributed by atoms with van der Waals surface area (Å²) in [5.74, 6) is 0.0848. The van der Waals surface area contributed by atoms with E-state index in [2.05, 4.69) is 46.4 Å². The highest BCUT2D eigenvalue weighted by Crippen LogP contribution is 2.36. The molecule has 6 heteroatoms. The summed E-state index contributed by atoms with van der Waals surface area (Å²) in [5, 5.41) is 7.31. The van der Waals surface area contributed by atoms with Gasteiger partial charge in [0.1, 0.15) is 6.10 Å². The van der Waals surface area contributed by atoms with Gasteiger partial charge in [0.15, 0.2) is 0 Å². The summed E-state index contributed by atoms with van der Waals surface area (Å²) in [6.45, 7) is 5.67. The molecule has 2 saturated heterocycles. The van der Waals surface area contributed by atoms with E-state index in [0.717, 1.165) is 18.4 Å². The molecule has 0 spiro atoms. The van der Waals surface area contributed by atoms with Crippen LogP contribution in [-0.4, -0.2) is 48.6 Å². The van der Waals surface area contributed by atoms with E-state index in [1.807, 2.05) is 18.7 Å². The summed E-state index contributed by atoms with van der Waals surface area (Å²) in [6, 6.07) is 10.6. The maximum atomic E-state index is 13.2. The Balaban J connectivity index is 1.53. The van der Waals surface area contributed by atoms with Gasteiger partial charge < -0.3 is 15.0 Å². The minimum absolute atomic E-state index is 0.0412. The van der Waals surface area contributed by atoms with Gasteiger partial charge in [0.25, 0.3) is 5.91 Å². The van der Waals surface area contributed by atoms with Crippen molar-refractivity contribution in [3.8, 4) is 11.1 Å². The number of carbonyl (C=O) groups is 2. The first-order valence-electron chi connectivity index (χ1n) is 10.8. The highest BCUT2D eigenvalue weighted by Gasteiger charge is 2.47. The van der Waals surface area contributed by atoms with Crippen LogP contribution < -0.4 is 5.32 Å². The topological polar surface area (TPSA) is 58.6 Å². The van der Waals surface area contributed by atoms with Gasteiger partial charge in [0.2, 0.25) is 5.91 Å². The molecule has 2 fully saturated rings. The van der Waals surface area contributed by atoms with Gasteiger partial charge >= 0.3 is 0 Å². The molecule has 0 unspecified atom stereocenters. The van der Waals surface area contributed by atoms with Gasteiger partial charge in [-0.15, -0.1) is 0 Å². The zero-order valence-electron chi connectivity index (χ0n) is 17.7. The fraction of sp³-hybridized carbons (Fsp3) is 0.500. The predicted molar refractivity (Wildman–Crippen MR) is 119 cm³/mol. The number of ether oxygens (including phenoxy) is 1. The molecule has 2 atom stereocenters. The number of thiophene rings is 1. The third kappa shape index (κ3) is 4.44. The number of rotatable bonds is 6. The van der Waals surface area contributed by atoms with Crippen molar-refractivity contribution < 1.29 is 14.3 Å². The highest BCUT2D eigenvalue weighted by molar-refractivity contribution is 7.08. The van der Waals surface area contributed by atoms with Crippen LogP contribution in [0.15, 0.2) is 41.1 Å². The minimum Gasteiger partial charge on any atom is -0.368 e. The van der Waals surface area contributed by atoms with Crippen molar-refractivity contribution in [1.29, 1.82) is 0 Å². The van der Waals surface area contributed by atoms with E-state index in [4.69, 9.17) is 4.74 Å². The quantitative estimate of drug-likeness (QED) is 0.763. The Kier molecular flexibility index (Phi) is 6.25. The highest BCUT2D eigenvalue weighted by atomic mass is 32.1. The van der Waals surface area contributed by atoms with Crippen molar-refractivity contribution in [3.63, 3.8) is 0 Å². The molecule has 30 heavy (non-hydrogen) atoms. The van der Waals surface area contributed by atoms with Gasteiger partial charge in [-0.2, -0.15) is 11.3 Å². The van der Waals surface area contributed by atoms with Crippen molar-refractivity contribution in [2.45, 2.75) is 51.7 Å². The summed E-state index contributed by atoms with van der Waals surface area (Å²) in [7, 11) is 0. The Morgan fingerprint density at radius 2 is 2.03 bits per heavy atom. The van der Waals surface area contributed by atoms with Crippen molar-refractivity contribution in [2.75, 3.05) is 19.7 Å². The van der Waals surface area contributed by atoms with E-state index in [9.17, 15) is 9.59 Å². The number of hydrogen-bond donors (Lipinski definition) is 1. The average Bonchev–Trinajstić information content (AvgIpc) is 3.49. The molecule has 1 aromatic carbocycles. The molecule has 1 N–H and O–H groups in total. The van der Waals surface area contributed by atoms with Gasteiger partial charge in [-0.05, 0) is 73.0 Å². The number of nitrogens with zero attached hydrogens (tertiary/aromatic N) is 1. The number of nitrogens with one attached hydrogen (secondary N) is 1. The number of likely N-dealkylation sites (tertiary alicyclic amines) is 1. The molecule has 5 nitrogen and oxygen atoms in total. The maximum absolute atomic E-state index is 13.2. The van der Waals surface area contributed by atoms with Gasteiger partial charge in [-0.1, -0.05) is 24.3 Å². The zero-order valence-corrected chi connectivity index (χ0v) is 18.5. The van der Waals surface area contributed by atoms with Crippen LogP contribution in [0.1, 0.15) is 38.7 Å². The molecule has 1 aromatic heterocycles. The number of benzene rings is 1. The molecule has 2 aliphatic heterocycles. The molecule has 2 aliphatic rings. The van der Waals surface area contributed by atoms with E-state index in [-0.39, 0.29) is 24.0 Å². The summed E-state index contributed by atoms with van der Waals surface area (Å²) >= 11 is 1.69. The van der Waals surface area contributed by atoms with Crippen LogP contribution in [0.4, 0.5) is 0 Å². The first-order chi connectivity index (χ1) is 14.5. The van der Waals surface area contributed by atoms with Crippen LogP contribution in [0, 0.1) is 5.41 Å². The second-order valence-electron chi connectivity index (χ2n) is 8.81. The molecule has 0 radical (unpaired) electrons. The van der Waals surface area contributed by atoms with Gasteiger partial charge in [-0.25, -0.2) is 0 Å². The smallest absolute Gasteiger partial charge is 0.251 e. The lowest BCUT2D eigenvalue weighted by atomic mass is 9.79. The average molecular weight is 427 g/mol. The Bertz CT molecular complexity index is 872. The molecule has 160 valence electrons. The van der Waals surface area contributed by atoms with E-state index in [0.29, 0.717) is 32.5 Å². The summed E-state index contributed by atoms with van der Waals surface area (Å²) in [4.78, 5) is 28.0. The fourth-order valence-corrected chi connectivity index (χ4v) is 5.16. The molecule has 0 saturated carbocycles. The van der Waals surface area contributed by atoms with Crippen LogP contribution in [0.25, 0.3) is 11.1 Å². The summed E-state index contributed by atoms with van der Waals surface area (Å²) < 4.78 is 5.60. The van der Waals surface area contributed by atoms with Gasteiger partial charge in [-0.3, -0.25) is 9.59 Å². The lowest BCUT2D eigenvalue weighted by Crippen LogP contribution is -2.48. The van der Waals surface area contributed by atoms with Crippen LogP contribution >= 0.6 is 11.3 Å². The third-order valence-corrected chi connectivity index (χ3v) is 6.81. The molecule has 2 amide bonds. The molecule has 4 rings (SSSR count). The predicted octanol–water partition coefficient (Wildman–Crippen LogP) is 3.88. The monoisotopic (exact) mass is 426 g/mol. The summed E-state index contributed by atoms with van der Waals surface area (Å²) in [5.41, 5.74) is 2.93. The van der Waals surface area contributed by atoms with E-state index < -0.39 is 5.41 Å². The first-order valence-corrected chi connectivity index (χ1v) is 11.7. The van der Waals surface area contributed by atoms with Crippen LogP contribution in [-0.2, 0) is 20.7 Å². The fourth-order valence-electron chi connectivity index (χ4n) is 4.50. The molecule has 3 heterocycles. The molecule has 2 aromatic rings. The van der Waals surface area contributed by atoms with Crippen LogP contribution in [0.5, 0.6) is 0 Å². The van der Waals surface area contributed by atoms with E-state index in [1.54, 1.807) is 11.3 Å². The molecule has 0 bridgehead atoms. The third-order valence-electron chi connectivity index (χ3n) is 6.12. The standard InChI is InChI=1S/C24H30N2O3S/c1-17(2)25-23(28)24(10-11-26(16-24)22(27)21-4-3-12-29-21)14-18-5-7-19(8-6-18)20-9-13-30-15-20/h5-9,13,15,17,21H,3-4,10-12,14,16H2,1-2H3,(H,25,28)/t21-,24-/m0/s1. The second kappa shape index (κ2) is 8.90. The normalized spacial score (nSPS) is 23.8. The molecule has 0 aliphatic carbocycles. The SMILES string of the molecule is CC(C)NC(=O)[C@]1(Cc2ccc(-c3ccsc3)cc2)CCN(C(=O)[C@@H]2CCCO2)C1. The molecular weight excluding hydrogens is 396 g/mol. The van der Waals surface area contributed by atoms with E-state index >= 15 is 0 Å². The Morgan fingerprint density at radius 3 is 2.67 bits per heavy atom. The largest absolute Gasteiger partial charge is 0.368 e.